The highest BCUT2D eigenvalue weighted by Crippen LogP contribution is 2.53. The number of fused-ring (bicyclic) bond motifs is 1. The molecule has 2 aliphatic carbocycles. The first-order valence-corrected chi connectivity index (χ1v) is 13.4. The average molecular weight is 489 g/mol. The molecule has 2 aromatic rings. The van der Waals surface area contributed by atoms with E-state index in [0.717, 1.165) is 47.7 Å². The lowest BCUT2D eigenvalue weighted by molar-refractivity contribution is 0.285. The number of aromatic nitrogens is 1. The van der Waals surface area contributed by atoms with Crippen molar-refractivity contribution in [2.75, 3.05) is 18.4 Å². The monoisotopic (exact) mass is 488 g/mol. The summed E-state index contributed by atoms with van der Waals surface area (Å²) in [5, 5.41) is 12.4. The number of piperidine rings is 1. The molecule has 182 valence electrons. The second-order valence-electron chi connectivity index (χ2n) is 9.82. The lowest BCUT2D eigenvalue weighted by Gasteiger charge is -2.48. The van der Waals surface area contributed by atoms with Crippen molar-refractivity contribution in [3.63, 3.8) is 0 Å². The third-order valence-corrected chi connectivity index (χ3v) is 8.93. The predicted octanol–water partition coefficient (Wildman–Crippen LogP) is 7.25. The van der Waals surface area contributed by atoms with E-state index in [9.17, 15) is 4.39 Å². The summed E-state index contributed by atoms with van der Waals surface area (Å²) in [6.07, 6.45) is 13.8. The van der Waals surface area contributed by atoms with Gasteiger partial charge in [-0.15, -0.1) is 0 Å². The predicted molar refractivity (Wildman–Crippen MR) is 145 cm³/mol. The van der Waals surface area contributed by atoms with Gasteiger partial charge < -0.3 is 10.7 Å². The molecular weight excluding hydrogens is 455 g/mol. The summed E-state index contributed by atoms with van der Waals surface area (Å²) >= 11 is 2.04. The van der Waals surface area contributed by atoms with Crippen LogP contribution in [0, 0.1) is 16.6 Å². The first-order chi connectivity index (χ1) is 17.1. The van der Waals surface area contributed by atoms with Gasteiger partial charge in [0.05, 0.1) is 5.69 Å². The Balaban J connectivity index is 1.47. The van der Waals surface area contributed by atoms with Crippen molar-refractivity contribution >= 4 is 29.4 Å². The molecule has 3 aliphatic rings. The Bertz CT molecular complexity index is 1140. The Hall–Kier alpha value is -2.70. The topological polar surface area (TPSA) is 52.0 Å². The van der Waals surface area contributed by atoms with Crippen LogP contribution in [0.1, 0.15) is 50.6 Å². The summed E-state index contributed by atoms with van der Waals surface area (Å²) < 4.78 is 16.0. The number of nitrogens with one attached hydrogen (secondary N) is 2. The Kier molecular flexibility index (Phi) is 7.21. The molecule has 0 spiro atoms. The number of nitrogens with zero attached hydrogens (tertiary/aromatic N) is 2. The number of rotatable bonds is 7. The quantitative estimate of drug-likeness (QED) is 0.318. The van der Waals surface area contributed by atoms with Gasteiger partial charge in [0.2, 0.25) is 0 Å². The normalized spacial score (nSPS) is 23.4. The number of allylic oxidation sites excluding steroid dienone is 2. The molecule has 5 rings (SSSR count). The second-order valence-corrected chi connectivity index (χ2v) is 11.2. The van der Waals surface area contributed by atoms with Crippen LogP contribution in [0.4, 0.5) is 10.1 Å². The summed E-state index contributed by atoms with van der Waals surface area (Å²) in [4.78, 5) is 4.65. The van der Waals surface area contributed by atoms with Crippen LogP contribution in [0.15, 0.2) is 78.2 Å². The fourth-order valence-electron chi connectivity index (χ4n) is 5.62. The average Bonchev–Trinajstić information content (AvgIpc) is 2.90. The van der Waals surface area contributed by atoms with Gasteiger partial charge in [0, 0.05) is 47.6 Å². The van der Waals surface area contributed by atoms with Crippen molar-refractivity contribution in [2.45, 2.75) is 50.2 Å². The molecular formula is C29H33FN4S. The molecule has 2 fully saturated rings. The number of hydrogen-bond donors (Lipinski definition) is 2. The minimum absolute atomic E-state index is 0.257. The molecule has 2 heterocycles. The van der Waals surface area contributed by atoms with Crippen LogP contribution in [0.3, 0.4) is 0 Å². The Morgan fingerprint density at radius 1 is 1.17 bits per heavy atom. The van der Waals surface area contributed by atoms with E-state index in [0.29, 0.717) is 11.7 Å². The van der Waals surface area contributed by atoms with Crippen LogP contribution in [0.5, 0.6) is 0 Å². The standard InChI is InChI=1S/C29H33FN4S/c1-21(27-9-5-6-15-32-27)29-18-22(19-31)28(33-25-12-10-24(30)11-13-25)17-23(29)14-16-34(20-29)35-26-7-3-2-4-8-26/h5-6,9-13,15,17,19,26,31,33H,1-4,7-8,14,16,18,20H2. The van der Waals surface area contributed by atoms with Gasteiger partial charge in [-0.25, -0.2) is 8.70 Å². The summed E-state index contributed by atoms with van der Waals surface area (Å²) in [6.45, 7) is 6.47. The number of anilines is 1. The first kappa shape index (κ1) is 24.0. The molecule has 1 aliphatic heterocycles. The summed E-state index contributed by atoms with van der Waals surface area (Å²) in [5.41, 5.74) is 5.65. The zero-order valence-corrected chi connectivity index (χ0v) is 20.9. The highest BCUT2D eigenvalue weighted by molar-refractivity contribution is 7.97. The minimum atomic E-state index is -0.296. The van der Waals surface area contributed by atoms with Crippen LogP contribution in [0.25, 0.3) is 5.57 Å². The Morgan fingerprint density at radius 2 is 1.97 bits per heavy atom. The van der Waals surface area contributed by atoms with Gasteiger partial charge in [0.15, 0.2) is 0 Å². The zero-order valence-electron chi connectivity index (χ0n) is 20.1. The van der Waals surface area contributed by atoms with E-state index in [1.807, 2.05) is 36.3 Å². The van der Waals surface area contributed by atoms with Gasteiger partial charge in [0.1, 0.15) is 5.82 Å². The Labute approximate surface area is 212 Å². The molecule has 0 amide bonds. The highest BCUT2D eigenvalue weighted by atomic mass is 32.2. The largest absolute Gasteiger partial charge is 0.355 e. The van der Waals surface area contributed by atoms with E-state index in [4.69, 9.17) is 5.41 Å². The van der Waals surface area contributed by atoms with Gasteiger partial charge in [-0.1, -0.05) is 49.4 Å². The maximum absolute atomic E-state index is 13.4. The van der Waals surface area contributed by atoms with Crippen molar-refractivity contribution < 1.29 is 4.39 Å². The van der Waals surface area contributed by atoms with E-state index in [-0.39, 0.29) is 11.2 Å². The fraction of sp³-hybridized carbons (Fsp3) is 0.379. The van der Waals surface area contributed by atoms with Gasteiger partial charge >= 0.3 is 0 Å². The molecule has 1 saturated carbocycles. The van der Waals surface area contributed by atoms with Gasteiger partial charge in [0.25, 0.3) is 0 Å². The summed E-state index contributed by atoms with van der Waals surface area (Å²) in [6, 6.07) is 12.4. The smallest absolute Gasteiger partial charge is 0.123 e. The van der Waals surface area contributed by atoms with Crippen LogP contribution < -0.4 is 5.32 Å². The molecule has 1 aromatic heterocycles. The van der Waals surface area contributed by atoms with Crippen molar-refractivity contribution in [3.8, 4) is 0 Å². The second kappa shape index (κ2) is 10.5. The van der Waals surface area contributed by atoms with Crippen molar-refractivity contribution in [3.05, 3.63) is 89.7 Å². The van der Waals surface area contributed by atoms with Crippen LogP contribution >= 0.6 is 11.9 Å². The molecule has 1 saturated heterocycles. The maximum atomic E-state index is 13.4. The molecule has 4 nitrogen and oxygen atoms in total. The molecule has 1 aromatic carbocycles. The van der Waals surface area contributed by atoms with Crippen LogP contribution in [-0.2, 0) is 0 Å². The van der Waals surface area contributed by atoms with Crippen molar-refractivity contribution in [1.82, 2.24) is 9.29 Å². The molecule has 35 heavy (non-hydrogen) atoms. The van der Waals surface area contributed by atoms with Gasteiger partial charge in [-0.2, -0.15) is 0 Å². The van der Waals surface area contributed by atoms with E-state index < -0.39 is 0 Å². The minimum Gasteiger partial charge on any atom is -0.355 e. The fourth-order valence-corrected chi connectivity index (χ4v) is 7.08. The van der Waals surface area contributed by atoms with Crippen molar-refractivity contribution in [2.24, 2.45) is 5.41 Å². The number of hydrogen-bond acceptors (Lipinski definition) is 5. The summed E-state index contributed by atoms with van der Waals surface area (Å²) in [5.74, 6) is -0.257. The first-order valence-electron chi connectivity index (χ1n) is 12.6. The number of halogens is 1. The molecule has 1 atom stereocenters. The molecule has 1 unspecified atom stereocenters. The highest BCUT2D eigenvalue weighted by Gasteiger charge is 2.45. The lowest BCUT2D eigenvalue weighted by atomic mass is 9.64. The lowest BCUT2D eigenvalue weighted by Crippen LogP contribution is -2.45. The SMILES string of the molecule is C=C(c1ccccn1)C12CC(C=N)=C(Nc3ccc(F)cc3)C=C1CCN(SC1CCCCC1)C2. The zero-order chi connectivity index (χ0) is 24.3. The van der Waals surface area contributed by atoms with E-state index in [1.54, 1.807) is 12.1 Å². The Morgan fingerprint density at radius 3 is 2.69 bits per heavy atom. The van der Waals surface area contributed by atoms with Gasteiger partial charge in [-0.3, -0.25) is 4.98 Å². The maximum Gasteiger partial charge on any atom is 0.123 e. The van der Waals surface area contributed by atoms with Gasteiger partial charge in [-0.05, 0) is 79.3 Å². The number of pyridine rings is 1. The third-order valence-electron chi connectivity index (χ3n) is 7.55. The molecule has 0 radical (unpaired) electrons. The van der Waals surface area contributed by atoms with Crippen LogP contribution in [-0.4, -0.2) is 33.8 Å². The van der Waals surface area contributed by atoms with Crippen LogP contribution in [0.2, 0.25) is 0 Å². The number of benzene rings is 1. The third kappa shape index (κ3) is 5.14. The van der Waals surface area contributed by atoms with Crippen molar-refractivity contribution in [1.29, 1.82) is 5.41 Å². The van der Waals surface area contributed by atoms with E-state index in [2.05, 4.69) is 27.3 Å². The molecule has 6 heteroatoms. The molecule has 2 N–H and O–H groups in total. The molecule has 0 bridgehead atoms. The van der Waals surface area contributed by atoms with E-state index in [1.165, 1.54) is 56.0 Å². The van der Waals surface area contributed by atoms with E-state index >= 15 is 0 Å². The summed E-state index contributed by atoms with van der Waals surface area (Å²) in [7, 11) is 0.